The van der Waals surface area contributed by atoms with Gasteiger partial charge in [-0.25, -0.2) is 0 Å². The normalized spacial score (nSPS) is 15.2. The summed E-state index contributed by atoms with van der Waals surface area (Å²) in [4.78, 5) is 24.7. The van der Waals surface area contributed by atoms with Gasteiger partial charge in [0.1, 0.15) is 12.3 Å². The first kappa shape index (κ1) is 22.7. The first-order valence-electron chi connectivity index (χ1n) is 10.8. The fraction of sp³-hybridized carbons (Fsp3) is 0.609. The van der Waals surface area contributed by atoms with Crippen LogP contribution in [-0.2, 0) is 16.0 Å². The van der Waals surface area contributed by atoms with E-state index in [1.54, 1.807) is 0 Å². The number of nitriles is 1. The molecule has 0 saturated heterocycles. The number of unbranched alkanes of at least 4 members (excludes halogenated alkanes) is 1. The Hall–Kier alpha value is -2.55. The third-order valence-corrected chi connectivity index (χ3v) is 5.39. The SMILES string of the molecule is CCCCOc1ccc(CC(=O)NC(CC(=O)NCC#N)C2CCCCC2)cc1. The maximum Gasteiger partial charge on any atom is 0.224 e. The van der Waals surface area contributed by atoms with E-state index < -0.39 is 0 Å². The van der Waals surface area contributed by atoms with Crippen molar-refractivity contribution >= 4 is 11.8 Å². The molecule has 1 saturated carbocycles. The van der Waals surface area contributed by atoms with Gasteiger partial charge in [-0.15, -0.1) is 0 Å². The number of rotatable bonds is 11. The van der Waals surface area contributed by atoms with Crippen LogP contribution in [0.25, 0.3) is 0 Å². The van der Waals surface area contributed by atoms with Crippen molar-refractivity contribution in [2.24, 2.45) is 5.92 Å². The number of hydrogen-bond donors (Lipinski definition) is 2. The lowest BCUT2D eigenvalue weighted by Crippen LogP contribution is -2.45. The average molecular weight is 400 g/mol. The molecule has 1 unspecified atom stereocenters. The summed E-state index contributed by atoms with van der Waals surface area (Å²) in [6.07, 6.45) is 8.15. The van der Waals surface area contributed by atoms with Gasteiger partial charge in [0.05, 0.1) is 19.1 Å². The fourth-order valence-corrected chi connectivity index (χ4v) is 3.76. The van der Waals surface area contributed by atoms with Crippen molar-refractivity contribution in [2.75, 3.05) is 13.2 Å². The van der Waals surface area contributed by atoms with E-state index in [1.807, 2.05) is 30.3 Å². The van der Waals surface area contributed by atoms with Gasteiger partial charge in [-0.2, -0.15) is 5.26 Å². The smallest absolute Gasteiger partial charge is 0.224 e. The molecule has 0 heterocycles. The van der Waals surface area contributed by atoms with Crippen molar-refractivity contribution in [2.45, 2.75) is 70.8 Å². The molecule has 1 aromatic rings. The highest BCUT2D eigenvalue weighted by atomic mass is 16.5. The lowest BCUT2D eigenvalue weighted by molar-refractivity contribution is -0.124. The Morgan fingerprint density at radius 1 is 1.17 bits per heavy atom. The summed E-state index contributed by atoms with van der Waals surface area (Å²) in [6.45, 7) is 2.82. The largest absolute Gasteiger partial charge is 0.494 e. The zero-order valence-corrected chi connectivity index (χ0v) is 17.4. The Morgan fingerprint density at radius 2 is 1.90 bits per heavy atom. The van der Waals surface area contributed by atoms with Crippen LogP contribution in [0.4, 0.5) is 0 Å². The summed E-state index contributed by atoms with van der Waals surface area (Å²) in [6, 6.07) is 9.35. The van der Waals surface area contributed by atoms with Gasteiger partial charge in [-0.3, -0.25) is 9.59 Å². The fourth-order valence-electron chi connectivity index (χ4n) is 3.76. The van der Waals surface area contributed by atoms with Crippen LogP contribution in [0.2, 0.25) is 0 Å². The van der Waals surface area contributed by atoms with Crippen molar-refractivity contribution in [3.05, 3.63) is 29.8 Å². The average Bonchev–Trinajstić information content (AvgIpc) is 2.74. The van der Waals surface area contributed by atoms with Crippen molar-refractivity contribution in [3.8, 4) is 11.8 Å². The molecule has 2 amide bonds. The predicted octanol–water partition coefficient (Wildman–Crippen LogP) is 3.50. The van der Waals surface area contributed by atoms with Crippen molar-refractivity contribution in [1.82, 2.24) is 10.6 Å². The molecule has 0 spiro atoms. The van der Waals surface area contributed by atoms with E-state index in [9.17, 15) is 9.59 Å². The Morgan fingerprint density at radius 3 is 2.55 bits per heavy atom. The standard InChI is InChI=1S/C23H33N3O3/c1-2-3-15-29-20-11-9-18(10-12-20)16-23(28)26-21(17-22(27)25-14-13-24)19-7-5-4-6-8-19/h9-12,19,21H,2-8,14-17H2,1H3,(H,25,27)(H,26,28). The second kappa shape index (κ2) is 12.8. The molecule has 0 aliphatic heterocycles. The zero-order chi connectivity index (χ0) is 20.9. The van der Waals surface area contributed by atoms with Crippen molar-refractivity contribution < 1.29 is 14.3 Å². The Balaban J connectivity index is 1.90. The molecule has 0 aromatic heterocycles. The number of hydrogen-bond acceptors (Lipinski definition) is 4. The highest BCUT2D eigenvalue weighted by Gasteiger charge is 2.27. The molecule has 2 rings (SSSR count). The van der Waals surface area contributed by atoms with Crippen molar-refractivity contribution in [1.29, 1.82) is 5.26 Å². The maximum absolute atomic E-state index is 12.6. The van der Waals surface area contributed by atoms with E-state index >= 15 is 0 Å². The third kappa shape index (κ3) is 8.55. The summed E-state index contributed by atoms with van der Waals surface area (Å²) in [5, 5.41) is 14.3. The Bertz CT molecular complexity index is 676. The number of nitrogens with zero attached hydrogens (tertiary/aromatic N) is 1. The first-order chi connectivity index (χ1) is 14.1. The number of benzene rings is 1. The van der Waals surface area contributed by atoms with Gasteiger partial charge in [0.2, 0.25) is 11.8 Å². The highest BCUT2D eigenvalue weighted by molar-refractivity contribution is 5.81. The number of nitrogens with one attached hydrogen (secondary N) is 2. The van der Waals surface area contributed by atoms with E-state index in [-0.39, 0.29) is 37.2 Å². The summed E-state index contributed by atoms with van der Waals surface area (Å²) in [5.41, 5.74) is 0.918. The number of ether oxygens (including phenoxy) is 1. The summed E-state index contributed by atoms with van der Waals surface area (Å²) < 4.78 is 5.66. The van der Waals surface area contributed by atoms with Crippen LogP contribution in [0.15, 0.2) is 24.3 Å². The van der Waals surface area contributed by atoms with Gasteiger partial charge in [-0.1, -0.05) is 44.7 Å². The molecular weight excluding hydrogens is 366 g/mol. The first-order valence-corrected chi connectivity index (χ1v) is 10.8. The van der Waals surface area contributed by atoms with Crippen LogP contribution < -0.4 is 15.4 Å². The van der Waals surface area contributed by atoms with Gasteiger partial charge in [0, 0.05) is 12.5 Å². The van der Waals surface area contributed by atoms with Crippen LogP contribution in [-0.4, -0.2) is 31.0 Å². The van der Waals surface area contributed by atoms with Crippen LogP contribution in [0.5, 0.6) is 5.75 Å². The molecule has 0 bridgehead atoms. The minimum atomic E-state index is -0.184. The van der Waals surface area contributed by atoms with Crippen LogP contribution in [0.1, 0.15) is 63.9 Å². The Kier molecular flexibility index (Phi) is 10.1. The lowest BCUT2D eigenvalue weighted by Gasteiger charge is -2.30. The van der Waals surface area contributed by atoms with Gasteiger partial charge in [0.15, 0.2) is 0 Å². The molecule has 2 N–H and O–H groups in total. The predicted molar refractivity (Wildman–Crippen MR) is 112 cm³/mol. The minimum absolute atomic E-state index is 0.00313. The van der Waals surface area contributed by atoms with E-state index in [2.05, 4.69) is 17.6 Å². The maximum atomic E-state index is 12.6. The molecule has 1 fully saturated rings. The lowest BCUT2D eigenvalue weighted by atomic mass is 9.82. The third-order valence-electron chi connectivity index (χ3n) is 5.39. The van der Waals surface area contributed by atoms with E-state index in [4.69, 9.17) is 10.00 Å². The monoisotopic (exact) mass is 399 g/mol. The van der Waals surface area contributed by atoms with Crippen LogP contribution in [0, 0.1) is 17.2 Å². The molecule has 1 aliphatic rings. The molecule has 6 heteroatoms. The molecule has 6 nitrogen and oxygen atoms in total. The topological polar surface area (TPSA) is 91.2 Å². The number of carbonyl (C=O) groups excluding carboxylic acids is 2. The molecule has 1 aliphatic carbocycles. The summed E-state index contributed by atoms with van der Waals surface area (Å²) >= 11 is 0. The summed E-state index contributed by atoms with van der Waals surface area (Å²) in [7, 11) is 0. The molecule has 1 aromatic carbocycles. The molecule has 158 valence electrons. The quantitative estimate of drug-likeness (QED) is 0.440. The van der Waals surface area contributed by atoms with Gasteiger partial charge < -0.3 is 15.4 Å². The van der Waals surface area contributed by atoms with Crippen LogP contribution in [0.3, 0.4) is 0 Å². The van der Waals surface area contributed by atoms with Crippen LogP contribution >= 0.6 is 0 Å². The molecule has 1 atom stereocenters. The van der Waals surface area contributed by atoms with Gasteiger partial charge >= 0.3 is 0 Å². The highest BCUT2D eigenvalue weighted by Crippen LogP contribution is 2.28. The van der Waals surface area contributed by atoms with E-state index in [0.29, 0.717) is 12.5 Å². The zero-order valence-electron chi connectivity index (χ0n) is 17.4. The second-order valence-corrected chi connectivity index (χ2v) is 7.73. The molecule has 29 heavy (non-hydrogen) atoms. The van der Waals surface area contributed by atoms with Gasteiger partial charge in [-0.05, 0) is 42.9 Å². The second-order valence-electron chi connectivity index (χ2n) is 7.73. The van der Waals surface area contributed by atoms with E-state index in [1.165, 1.54) is 6.42 Å². The number of amides is 2. The summed E-state index contributed by atoms with van der Waals surface area (Å²) in [5.74, 6) is 0.871. The molecule has 0 radical (unpaired) electrons. The van der Waals surface area contributed by atoms with E-state index in [0.717, 1.165) is 49.8 Å². The number of carbonyl (C=O) groups is 2. The van der Waals surface area contributed by atoms with Crippen molar-refractivity contribution in [3.63, 3.8) is 0 Å². The molecular formula is C23H33N3O3. The minimum Gasteiger partial charge on any atom is -0.494 e. The van der Waals surface area contributed by atoms with Gasteiger partial charge in [0.25, 0.3) is 0 Å². The Labute approximate surface area is 174 Å².